The van der Waals surface area contributed by atoms with Gasteiger partial charge in [0.25, 0.3) is 0 Å². The lowest BCUT2D eigenvalue weighted by Crippen LogP contribution is -2.43. The molecule has 17 heavy (non-hydrogen) atoms. The molecule has 3 atom stereocenters. The van der Waals surface area contributed by atoms with Crippen LogP contribution in [0.4, 0.5) is 0 Å². The number of nitrogens with two attached hydrogens (primary N) is 1. The van der Waals surface area contributed by atoms with Crippen molar-refractivity contribution in [3.63, 3.8) is 0 Å². The van der Waals surface area contributed by atoms with Crippen LogP contribution in [0.1, 0.15) is 59.3 Å². The Morgan fingerprint density at radius 2 is 2.00 bits per heavy atom. The maximum Gasteiger partial charge on any atom is 0.223 e. The predicted octanol–water partition coefficient (Wildman–Crippen LogP) is 2.44. The van der Waals surface area contributed by atoms with Gasteiger partial charge in [-0.15, -0.1) is 0 Å². The van der Waals surface area contributed by atoms with E-state index in [4.69, 9.17) is 5.73 Å². The molecular weight excluding hydrogens is 212 g/mol. The average molecular weight is 240 g/mol. The third-order valence-corrected chi connectivity index (χ3v) is 4.21. The maximum atomic E-state index is 12.1. The highest BCUT2D eigenvalue weighted by molar-refractivity contribution is 5.79. The van der Waals surface area contributed by atoms with Crippen molar-refractivity contribution in [2.75, 3.05) is 0 Å². The largest absolute Gasteiger partial charge is 0.353 e. The highest BCUT2D eigenvalue weighted by atomic mass is 16.1. The lowest BCUT2D eigenvalue weighted by Gasteiger charge is -2.29. The fourth-order valence-electron chi connectivity index (χ4n) is 2.92. The third-order valence-electron chi connectivity index (χ3n) is 4.21. The molecule has 0 aromatic rings. The van der Waals surface area contributed by atoms with E-state index in [1.165, 1.54) is 0 Å². The molecule has 3 nitrogen and oxygen atoms in total. The van der Waals surface area contributed by atoms with Gasteiger partial charge >= 0.3 is 0 Å². The zero-order valence-corrected chi connectivity index (χ0v) is 11.5. The Hall–Kier alpha value is -0.570. The van der Waals surface area contributed by atoms with Gasteiger partial charge in [-0.25, -0.2) is 0 Å². The molecule has 1 amide bonds. The zero-order chi connectivity index (χ0) is 12.8. The number of nitrogens with one attached hydrogen (secondary N) is 1. The van der Waals surface area contributed by atoms with Crippen LogP contribution in [0.15, 0.2) is 0 Å². The van der Waals surface area contributed by atoms with E-state index in [1.807, 2.05) is 0 Å². The van der Waals surface area contributed by atoms with Crippen LogP contribution in [-0.4, -0.2) is 18.0 Å². The first-order valence-electron chi connectivity index (χ1n) is 7.14. The van der Waals surface area contributed by atoms with Crippen LogP contribution in [0.3, 0.4) is 0 Å². The molecule has 0 bridgehead atoms. The molecule has 1 aliphatic rings. The van der Waals surface area contributed by atoms with E-state index < -0.39 is 0 Å². The molecule has 0 saturated heterocycles. The van der Waals surface area contributed by atoms with Gasteiger partial charge in [-0.3, -0.25) is 4.79 Å². The molecular formula is C14H28N2O. The van der Waals surface area contributed by atoms with Crippen molar-refractivity contribution in [1.29, 1.82) is 0 Å². The second-order valence-corrected chi connectivity index (χ2v) is 5.50. The molecule has 100 valence electrons. The summed E-state index contributed by atoms with van der Waals surface area (Å²) >= 11 is 0. The Labute approximate surface area is 106 Å². The van der Waals surface area contributed by atoms with Crippen molar-refractivity contribution in [3.8, 4) is 0 Å². The lowest BCUT2D eigenvalue weighted by atomic mass is 9.85. The summed E-state index contributed by atoms with van der Waals surface area (Å²) in [6.45, 7) is 6.50. The van der Waals surface area contributed by atoms with Crippen LogP contribution in [0.5, 0.6) is 0 Å². The minimum Gasteiger partial charge on any atom is -0.353 e. The zero-order valence-electron chi connectivity index (χ0n) is 11.5. The predicted molar refractivity (Wildman–Crippen MR) is 71.6 cm³/mol. The molecule has 1 fully saturated rings. The van der Waals surface area contributed by atoms with E-state index in [0.717, 1.165) is 38.5 Å². The summed E-state index contributed by atoms with van der Waals surface area (Å²) in [5.74, 6) is 0.964. The molecule has 0 aromatic heterocycles. The Kier molecular flexibility index (Phi) is 5.96. The van der Waals surface area contributed by atoms with Crippen molar-refractivity contribution in [2.24, 2.45) is 17.6 Å². The van der Waals surface area contributed by atoms with Crippen molar-refractivity contribution in [3.05, 3.63) is 0 Å². The van der Waals surface area contributed by atoms with E-state index in [9.17, 15) is 4.79 Å². The number of hydrogen-bond acceptors (Lipinski definition) is 2. The van der Waals surface area contributed by atoms with Gasteiger partial charge in [-0.2, -0.15) is 0 Å². The van der Waals surface area contributed by atoms with Crippen molar-refractivity contribution < 1.29 is 4.79 Å². The summed E-state index contributed by atoms with van der Waals surface area (Å²) in [7, 11) is 0. The highest BCUT2D eigenvalue weighted by Crippen LogP contribution is 2.24. The summed E-state index contributed by atoms with van der Waals surface area (Å²) in [4.78, 5) is 12.1. The summed E-state index contributed by atoms with van der Waals surface area (Å²) < 4.78 is 0. The molecule has 3 unspecified atom stereocenters. The Balaban J connectivity index is 2.42. The Bertz CT molecular complexity index is 238. The summed E-state index contributed by atoms with van der Waals surface area (Å²) in [6.07, 6.45) is 6.30. The molecule has 0 heterocycles. The van der Waals surface area contributed by atoms with Gasteiger partial charge in [0.05, 0.1) is 0 Å². The van der Waals surface area contributed by atoms with Crippen LogP contribution in [-0.2, 0) is 4.79 Å². The minimum absolute atomic E-state index is 0.149. The van der Waals surface area contributed by atoms with E-state index >= 15 is 0 Å². The van der Waals surface area contributed by atoms with Crippen molar-refractivity contribution in [1.82, 2.24) is 5.32 Å². The van der Waals surface area contributed by atoms with Gasteiger partial charge in [0.15, 0.2) is 0 Å². The summed E-state index contributed by atoms with van der Waals surface area (Å²) in [5.41, 5.74) is 5.93. The van der Waals surface area contributed by atoms with Crippen LogP contribution in [0.25, 0.3) is 0 Å². The minimum atomic E-state index is 0.149. The fourth-order valence-corrected chi connectivity index (χ4v) is 2.92. The smallest absolute Gasteiger partial charge is 0.223 e. The molecule has 0 aliphatic heterocycles. The molecule has 1 saturated carbocycles. The third kappa shape index (κ3) is 4.30. The van der Waals surface area contributed by atoms with Crippen molar-refractivity contribution in [2.45, 2.75) is 71.4 Å². The van der Waals surface area contributed by atoms with Crippen LogP contribution < -0.4 is 11.1 Å². The Morgan fingerprint density at radius 1 is 1.35 bits per heavy atom. The normalized spacial score (nSPS) is 26.9. The number of carbonyl (C=O) groups excluding carboxylic acids is 1. The summed E-state index contributed by atoms with van der Waals surface area (Å²) in [5, 5.41) is 3.18. The molecule has 3 heteroatoms. The first-order chi connectivity index (χ1) is 8.08. The number of carbonyl (C=O) groups is 1. The topological polar surface area (TPSA) is 55.1 Å². The van der Waals surface area contributed by atoms with Crippen LogP contribution in [0.2, 0.25) is 0 Å². The number of hydrogen-bond donors (Lipinski definition) is 2. The molecule has 0 spiro atoms. The van der Waals surface area contributed by atoms with E-state index in [0.29, 0.717) is 5.92 Å². The Morgan fingerprint density at radius 3 is 2.53 bits per heavy atom. The monoisotopic (exact) mass is 240 g/mol. The van der Waals surface area contributed by atoms with E-state index in [2.05, 4.69) is 26.1 Å². The second kappa shape index (κ2) is 7.00. The van der Waals surface area contributed by atoms with Gasteiger partial charge in [0.1, 0.15) is 0 Å². The van der Waals surface area contributed by atoms with Crippen molar-refractivity contribution >= 4 is 5.91 Å². The van der Waals surface area contributed by atoms with E-state index in [1.54, 1.807) is 0 Å². The SMILES string of the molecule is CCC(CC)C(C)NC(=O)C1CCCC(N)C1. The van der Waals surface area contributed by atoms with Gasteiger partial charge < -0.3 is 11.1 Å². The first-order valence-corrected chi connectivity index (χ1v) is 7.14. The van der Waals surface area contributed by atoms with Gasteiger partial charge in [-0.1, -0.05) is 33.1 Å². The number of rotatable bonds is 5. The van der Waals surface area contributed by atoms with Gasteiger partial charge in [0, 0.05) is 18.0 Å². The molecule has 0 aromatic carbocycles. The average Bonchev–Trinajstić information content (AvgIpc) is 2.30. The molecule has 1 aliphatic carbocycles. The number of amides is 1. The van der Waals surface area contributed by atoms with E-state index in [-0.39, 0.29) is 23.9 Å². The molecule has 3 N–H and O–H groups in total. The van der Waals surface area contributed by atoms with Gasteiger partial charge in [-0.05, 0) is 32.1 Å². The van der Waals surface area contributed by atoms with Crippen LogP contribution >= 0.6 is 0 Å². The fraction of sp³-hybridized carbons (Fsp3) is 0.929. The van der Waals surface area contributed by atoms with Crippen LogP contribution in [0, 0.1) is 11.8 Å². The lowest BCUT2D eigenvalue weighted by molar-refractivity contribution is -0.127. The maximum absolute atomic E-state index is 12.1. The van der Waals surface area contributed by atoms with Gasteiger partial charge in [0.2, 0.25) is 5.91 Å². The summed E-state index contributed by atoms with van der Waals surface area (Å²) in [6, 6.07) is 0.513. The standard InChI is InChI=1S/C14H28N2O/c1-4-11(5-2)10(3)16-14(17)12-7-6-8-13(15)9-12/h10-13H,4-9,15H2,1-3H3,(H,16,17). The molecule has 1 rings (SSSR count). The quantitative estimate of drug-likeness (QED) is 0.775. The molecule has 0 radical (unpaired) electrons. The second-order valence-electron chi connectivity index (χ2n) is 5.50. The first kappa shape index (κ1) is 14.5. The highest BCUT2D eigenvalue weighted by Gasteiger charge is 2.27.